The number of hydrogen-bond donors (Lipinski definition) is 0. The number of thioether (sulfide) groups is 2. The van der Waals surface area contributed by atoms with Gasteiger partial charge in [0.1, 0.15) is 28.0 Å². The third-order valence-electron chi connectivity index (χ3n) is 3.28. The molecule has 1 aliphatic heterocycles. The van der Waals surface area contributed by atoms with Crippen molar-refractivity contribution in [1.29, 1.82) is 0 Å². The number of rotatable bonds is 5. The third kappa shape index (κ3) is 5.91. The Morgan fingerprint density at radius 1 is 1.18 bits per heavy atom. The lowest BCUT2D eigenvalue weighted by Crippen LogP contribution is -2.25. The summed E-state index contributed by atoms with van der Waals surface area (Å²) in [5.74, 6) is 5.11. The molecule has 0 atom stereocenters. The Balaban J connectivity index is 1.74. The Kier molecular flexibility index (Phi) is 7.81. The zero-order valence-corrected chi connectivity index (χ0v) is 16.4. The van der Waals surface area contributed by atoms with Crippen molar-refractivity contribution in [2.75, 3.05) is 36.2 Å². The van der Waals surface area contributed by atoms with Crippen LogP contribution in [0.4, 0.5) is 0 Å². The summed E-state index contributed by atoms with van der Waals surface area (Å²) in [5.41, 5.74) is 3.72. The highest BCUT2D eigenvalue weighted by Crippen LogP contribution is 2.22. The molecule has 2 rings (SSSR count). The van der Waals surface area contributed by atoms with E-state index in [0.29, 0.717) is 19.3 Å². The van der Waals surface area contributed by atoms with Gasteiger partial charge in [-0.3, -0.25) is 0 Å². The largest absolute Gasteiger partial charge is 0.491 e. The number of benzene rings is 1. The van der Waals surface area contributed by atoms with Gasteiger partial charge in [-0.2, -0.15) is 23.5 Å². The maximum Gasteiger partial charge on any atom is 0.144 e. The van der Waals surface area contributed by atoms with Gasteiger partial charge in [0.15, 0.2) is 0 Å². The predicted octanol–water partition coefficient (Wildman–Crippen LogP) is 0.766. The summed E-state index contributed by atoms with van der Waals surface area (Å²) >= 11 is 7.41. The van der Waals surface area contributed by atoms with E-state index in [2.05, 4.69) is 50.3 Å². The summed E-state index contributed by atoms with van der Waals surface area (Å²) in [7, 11) is 4.16. The van der Waals surface area contributed by atoms with Crippen LogP contribution in [0.1, 0.15) is 0 Å². The van der Waals surface area contributed by atoms with Gasteiger partial charge in [-0.15, -0.1) is 0 Å². The number of hydrogen-bond acceptors (Lipinski definition) is 4. The molecule has 0 N–H and O–H groups in total. The molecule has 0 aromatic heterocycles. The van der Waals surface area contributed by atoms with Crippen LogP contribution in [0.25, 0.3) is 0 Å². The minimum absolute atomic E-state index is 0.314. The van der Waals surface area contributed by atoms with E-state index in [9.17, 15) is 0 Å². The van der Waals surface area contributed by atoms with Gasteiger partial charge < -0.3 is 9.47 Å². The molecule has 0 spiro atoms. The molecule has 1 aromatic rings. The molecule has 1 fully saturated rings. The van der Waals surface area contributed by atoms with E-state index < -0.39 is 0 Å². The van der Waals surface area contributed by atoms with E-state index in [4.69, 9.17) is 9.47 Å². The molecule has 7 heteroatoms. The zero-order valence-electron chi connectivity index (χ0n) is 13.2. The van der Waals surface area contributed by atoms with Crippen LogP contribution in [0.2, 0.25) is 0 Å². The van der Waals surface area contributed by atoms with Crippen molar-refractivity contribution in [2.45, 2.75) is 6.10 Å². The molecule has 0 amide bonds. The van der Waals surface area contributed by atoms with E-state index >= 15 is 0 Å². The van der Waals surface area contributed by atoms with Crippen molar-refractivity contribution in [1.82, 2.24) is 0 Å². The molecule has 118 valence electrons. The molecule has 2 nitrogen and oxygen atoms in total. The van der Waals surface area contributed by atoms with Crippen LogP contribution >= 0.6 is 39.5 Å². The highest BCUT2D eigenvalue weighted by Gasteiger charge is 2.14. The van der Waals surface area contributed by atoms with Crippen molar-refractivity contribution in [2.24, 2.45) is 0 Å². The van der Waals surface area contributed by atoms with Gasteiger partial charge in [-0.1, -0.05) is 29.7 Å². The van der Waals surface area contributed by atoms with Crippen LogP contribution in [-0.2, 0) is 4.74 Å². The standard InChI is InChI=1S/C15H21B2BrO2S2/c1-10-6-21-8-12(9-22-7-10)19-2-3-20-15-13(17)4-11(16)5-14(15)18/h4-5,12H,1-3,6-9,16-17H2. The monoisotopic (exact) mass is 398 g/mol. The molecule has 0 radical (unpaired) electrons. The molecule has 0 bridgehead atoms. The van der Waals surface area contributed by atoms with Crippen LogP contribution in [0.5, 0.6) is 5.75 Å². The first-order chi connectivity index (χ1) is 10.6. The second-order valence-electron chi connectivity index (χ2n) is 5.51. The van der Waals surface area contributed by atoms with Gasteiger partial charge in [0.25, 0.3) is 0 Å². The molecule has 1 aromatic carbocycles. The lowest BCUT2D eigenvalue weighted by Gasteiger charge is -2.21. The van der Waals surface area contributed by atoms with E-state index in [1.165, 1.54) is 11.0 Å². The van der Waals surface area contributed by atoms with Crippen LogP contribution in [-0.4, -0.2) is 58.0 Å². The highest BCUT2D eigenvalue weighted by atomic mass is 79.9. The average molecular weight is 399 g/mol. The smallest absolute Gasteiger partial charge is 0.144 e. The molecule has 1 saturated heterocycles. The summed E-state index contributed by atoms with van der Waals surface area (Å²) in [5, 5.41) is 0. The van der Waals surface area contributed by atoms with E-state index in [-0.39, 0.29) is 0 Å². The van der Waals surface area contributed by atoms with Crippen LogP contribution < -0.4 is 15.7 Å². The van der Waals surface area contributed by atoms with Gasteiger partial charge in [0.2, 0.25) is 0 Å². The predicted molar refractivity (Wildman–Crippen MR) is 110 cm³/mol. The fourth-order valence-corrected chi connectivity index (χ4v) is 5.34. The Morgan fingerprint density at radius 3 is 2.50 bits per heavy atom. The fraction of sp³-hybridized carbons (Fsp3) is 0.467. The summed E-state index contributed by atoms with van der Waals surface area (Å²) in [6, 6.07) is 4.22. The van der Waals surface area contributed by atoms with Crippen LogP contribution in [0.3, 0.4) is 0 Å². The SMILES string of the molecule is Bc1cc(B)c(OCCOC2CSCC(=C)CSC2)c(Br)c1. The zero-order chi connectivity index (χ0) is 15.9. The van der Waals surface area contributed by atoms with Crippen LogP contribution in [0, 0.1) is 0 Å². The molecule has 0 aliphatic carbocycles. The quantitative estimate of drug-likeness (QED) is 0.414. The van der Waals surface area contributed by atoms with Gasteiger partial charge >= 0.3 is 0 Å². The summed E-state index contributed by atoms with van der Waals surface area (Å²) in [6.07, 6.45) is 0.314. The summed E-state index contributed by atoms with van der Waals surface area (Å²) < 4.78 is 12.9. The summed E-state index contributed by atoms with van der Waals surface area (Å²) in [6.45, 7) is 5.28. The number of halogens is 1. The fourth-order valence-electron chi connectivity index (χ4n) is 2.30. The second kappa shape index (κ2) is 9.36. The van der Waals surface area contributed by atoms with Crippen LogP contribution in [0.15, 0.2) is 28.8 Å². The first-order valence-electron chi connectivity index (χ1n) is 7.39. The molecule has 0 saturated carbocycles. The van der Waals surface area contributed by atoms with Crippen molar-refractivity contribution >= 4 is 66.1 Å². The maximum atomic E-state index is 5.97. The Labute approximate surface area is 152 Å². The average Bonchev–Trinajstić information content (AvgIpc) is 2.42. The topological polar surface area (TPSA) is 18.5 Å². The van der Waals surface area contributed by atoms with Crippen molar-refractivity contribution in [3.8, 4) is 5.75 Å². The van der Waals surface area contributed by atoms with Gasteiger partial charge in [-0.25, -0.2) is 0 Å². The van der Waals surface area contributed by atoms with E-state index in [0.717, 1.165) is 38.7 Å². The lowest BCUT2D eigenvalue weighted by molar-refractivity contribution is 0.0605. The molecule has 1 heterocycles. The molecule has 0 unspecified atom stereocenters. The Bertz CT molecular complexity index is 493. The Morgan fingerprint density at radius 2 is 1.86 bits per heavy atom. The van der Waals surface area contributed by atoms with Crippen molar-refractivity contribution < 1.29 is 9.47 Å². The van der Waals surface area contributed by atoms with E-state index in [1.54, 1.807) is 0 Å². The van der Waals surface area contributed by atoms with Crippen molar-refractivity contribution in [3.63, 3.8) is 0 Å². The molecular weight excluding hydrogens is 378 g/mol. The van der Waals surface area contributed by atoms with Crippen molar-refractivity contribution in [3.05, 3.63) is 28.8 Å². The highest BCUT2D eigenvalue weighted by molar-refractivity contribution is 9.10. The second-order valence-corrected chi connectivity index (χ2v) is 8.43. The lowest BCUT2D eigenvalue weighted by atomic mass is 9.87. The van der Waals surface area contributed by atoms with Gasteiger partial charge in [0, 0.05) is 23.0 Å². The first kappa shape index (κ1) is 18.4. The number of ether oxygens (including phenoxy) is 2. The minimum atomic E-state index is 0.314. The molecule has 22 heavy (non-hydrogen) atoms. The maximum absolute atomic E-state index is 5.97. The first-order valence-corrected chi connectivity index (χ1v) is 10.5. The molecular formula is C15H21B2BrO2S2. The normalized spacial score (nSPS) is 17.0. The van der Waals surface area contributed by atoms with Gasteiger partial charge in [-0.05, 0) is 21.4 Å². The van der Waals surface area contributed by atoms with E-state index in [1.807, 2.05) is 23.5 Å². The third-order valence-corrected chi connectivity index (χ3v) is 6.31. The summed E-state index contributed by atoms with van der Waals surface area (Å²) in [4.78, 5) is 0. The molecule has 1 aliphatic rings. The minimum Gasteiger partial charge on any atom is -0.491 e. The Hall–Kier alpha value is 0.0299. The van der Waals surface area contributed by atoms with Gasteiger partial charge in [0.05, 0.1) is 17.2 Å².